The Kier molecular flexibility index (Phi) is 10.3. The quantitative estimate of drug-likeness (QED) is 0.315. The van der Waals surface area contributed by atoms with Crippen molar-refractivity contribution in [3.05, 3.63) is 101 Å². The second-order valence-corrected chi connectivity index (χ2v) is 11.0. The van der Waals surface area contributed by atoms with Gasteiger partial charge in [-0.05, 0) is 48.6 Å². The summed E-state index contributed by atoms with van der Waals surface area (Å²) >= 11 is 1.59. The van der Waals surface area contributed by atoms with E-state index in [1.165, 1.54) is 11.1 Å². The monoisotopic (exact) mass is 530 g/mol. The molecule has 1 saturated carbocycles. The second-order valence-electron chi connectivity index (χ2n) is 10.0. The van der Waals surface area contributed by atoms with Gasteiger partial charge in [0.25, 0.3) is 0 Å². The zero-order valence-electron chi connectivity index (χ0n) is 22.4. The van der Waals surface area contributed by atoms with Crippen LogP contribution in [-0.2, 0) is 28.3 Å². The van der Waals surface area contributed by atoms with Crippen molar-refractivity contribution in [3.63, 3.8) is 0 Å². The predicted octanol–water partition coefficient (Wildman–Crippen LogP) is 5.94. The van der Waals surface area contributed by atoms with E-state index in [0.717, 1.165) is 48.3 Å². The molecule has 2 amide bonds. The molecule has 3 aromatic carbocycles. The largest absolute Gasteiger partial charge is 0.497 e. The van der Waals surface area contributed by atoms with Crippen LogP contribution >= 0.6 is 11.8 Å². The van der Waals surface area contributed by atoms with Gasteiger partial charge in [0.15, 0.2) is 0 Å². The lowest BCUT2D eigenvalue weighted by Crippen LogP contribution is -2.52. The maximum absolute atomic E-state index is 13.8. The van der Waals surface area contributed by atoms with E-state index in [-0.39, 0.29) is 17.9 Å². The minimum Gasteiger partial charge on any atom is -0.497 e. The summed E-state index contributed by atoms with van der Waals surface area (Å²) in [5.74, 6) is 1.68. The molecule has 6 heteroatoms. The molecule has 4 rings (SSSR count). The smallest absolute Gasteiger partial charge is 0.243 e. The maximum atomic E-state index is 13.8. The Labute approximate surface area is 231 Å². The summed E-state index contributed by atoms with van der Waals surface area (Å²) in [5.41, 5.74) is 4.38. The van der Waals surface area contributed by atoms with Crippen molar-refractivity contribution in [2.24, 2.45) is 0 Å². The number of methoxy groups -OCH3 is 1. The fraction of sp³-hybridized carbons (Fsp3) is 0.375. The van der Waals surface area contributed by atoms with Crippen LogP contribution in [0, 0.1) is 6.92 Å². The van der Waals surface area contributed by atoms with Crippen LogP contribution in [0.15, 0.2) is 78.9 Å². The number of rotatable bonds is 12. The van der Waals surface area contributed by atoms with Crippen molar-refractivity contribution in [2.45, 2.75) is 63.4 Å². The highest BCUT2D eigenvalue weighted by Gasteiger charge is 2.32. The van der Waals surface area contributed by atoms with E-state index in [0.29, 0.717) is 18.7 Å². The average molecular weight is 531 g/mol. The average Bonchev–Trinajstić information content (AvgIpc) is 3.45. The van der Waals surface area contributed by atoms with Crippen molar-refractivity contribution in [1.29, 1.82) is 0 Å². The number of hydrogen-bond acceptors (Lipinski definition) is 4. The lowest BCUT2D eigenvalue weighted by atomic mass is 10.0. The number of nitrogens with zero attached hydrogens (tertiary/aromatic N) is 1. The van der Waals surface area contributed by atoms with Crippen LogP contribution in [0.3, 0.4) is 0 Å². The third-order valence-corrected chi connectivity index (χ3v) is 8.06. The molecule has 0 bridgehead atoms. The second kappa shape index (κ2) is 14.1. The Morgan fingerprint density at radius 3 is 2.37 bits per heavy atom. The lowest BCUT2D eigenvalue weighted by molar-refractivity contribution is -0.139. The van der Waals surface area contributed by atoms with E-state index < -0.39 is 6.04 Å². The molecule has 5 nitrogen and oxygen atoms in total. The minimum absolute atomic E-state index is 0.0348. The van der Waals surface area contributed by atoms with Crippen molar-refractivity contribution in [3.8, 4) is 5.75 Å². The van der Waals surface area contributed by atoms with E-state index >= 15 is 0 Å². The molecule has 38 heavy (non-hydrogen) atoms. The molecule has 1 fully saturated rings. The third kappa shape index (κ3) is 8.12. The normalized spacial score (nSPS) is 14.2. The number of carbonyl (C=O) groups excluding carboxylic acids is 2. The summed E-state index contributed by atoms with van der Waals surface area (Å²) in [6.45, 7) is 2.41. The van der Waals surface area contributed by atoms with Crippen molar-refractivity contribution in [2.75, 3.05) is 12.9 Å². The zero-order chi connectivity index (χ0) is 26.7. The molecule has 0 saturated heterocycles. The Morgan fingerprint density at radius 1 is 0.947 bits per heavy atom. The molecule has 0 aliphatic heterocycles. The van der Waals surface area contributed by atoms with Crippen LogP contribution in [0.25, 0.3) is 0 Å². The van der Waals surface area contributed by atoms with Gasteiger partial charge in [-0.3, -0.25) is 9.59 Å². The fourth-order valence-corrected chi connectivity index (χ4v) is 5.78. The van der Waals surface area contributed by atoms with Crippen molar-refractivity contribution >= 4 is 23.6 Å². The van der Waals surface area contributed by atoms with Gasteiger partial charge in [0, 0.05) is 24.8 Å². The Morgan fingerprint density at radius 2 is 1.66 bits per heavy atom. The van der Waals surface area contributed by atoms with Gasteiger partial charge in [-0.2, -0.15) is 0 Å². The summed E-state index contributed by atoms with van der Waals surface area (Å²) in [4.78, 5) is 29.3. The van der Waals surface area contributed by atoms with E-state index in [2.05, 4.69) is 36.5 Å². The number of nitrogens with one attached hydrogen (secondary N) is 1. The molecular formula is C32H38N2O3S. The SMILES string of the molecule is COc1cccc(CN(C(=O)CSCc2ccc(C)cc2)[C@H](Cc2ccccc2)C(=O)NC2CCCC2)c1. The van der Waals surface area contributed by atoms with Crippen LogP contribution < -0.4 is 10.1 Å². The summed E-state index contributed by atoms with van der Waals surface area (Å²) in [6.07, 6.45) is 4.74. The minimum atomic E-state index is -0.600. The van der Waals surface area contributed by atoms with Crippen LogP contribution in [0.2, 0.25) is 0 Å². The molecule has 200 valence electrons. The van der Waals surface area contributed by atoms with E-state index in [1.54, 1.807) is 23.8 Å². The molecule has 1 atom stereocenters. The highest BCUT2D eigenvalue weighted by atomic mass is 32.2. The van der Waals surface area contributed by atoms with Gasteiger partial charge in [-0.25, -0.2) is 0 Å². The first-order valence-electron chi connectivity index (χ1n) is 13.4. The van der Waals surface area contributed by atoms with E-state index in [4.69, 9.17) is 4.74 Å². The van der Waals surface area contributed by atoms with Gasteiger partial charge in [0.05, 0.1) is 12.9 Å². The number of hydrogen-bond donors (Lipinski definition) is 1. The Hall–Kier alpha value is -3.25. The summed E-state index contributed by atoms with van der Waals surface area (Å²) in [6, 6.07) is 25.7. The number of benzene rings is 3. The van der Waals surface area contributed by atoms with Crippen LogP contribution in [0.4, 0.5) is 0 Å². The summed E-state index contributed by atoms with van der Waals surface area (Å²) < 4.78 is 5.42. The van der Waals surface area contributed by atoms with Gasteiger partial charge in [0.2, 0.25) is 11.8 Å². The standard InChI is InChI=1S/C32H38N2O3S/c1-24-15-17-26(18-16-24)22-38-23-31(35)34(21-27-11-8-14-29(19-27)37-2)30(20-25-9-4-3-5-10-25)32(36)33-28-12-6-7-13-28/h3-5,8-11,14-19,28,30H,6-7,12-13,20-23H2,1-2H3,(H,33,36)/t30-/m1/s1. The summed E-state index contributed by atoms with van der Waals surface area (Å²) in [7, 11) is 1.64. The number of amides is 2. The highest BCUT2D eigenvalue weighted by Crippen LogP contribution is 2.22. The lowest BCUT2D eigenvalue weighted by Gasteiger charge is -2.32. The molecule has 1 aliphatic carbocycles. The molecule has 0 unspecified atom stereocenters. The van der Waals surface area contributed by atoms with Crippen molar-refractivity contribution < 1.29 is 14.3 Å². The molecule has 0 heterocycles. The fourth-order valence-electron chi connectivity index (χ4n) is 4.91. The van der Waals surface area contributed by atoms with E-state index in [9.17, 15) is 9.59 Å². The van der Waals surface area contributed by atoms with Gasteiger partial charge in [0.1, 0.15) is 11.8 Å². The number of thioether (sulfide) groups is 1. The van der Waals surface area contributed by atoms with Gasteiger partial charge in [-0.15, -0.1) is 11.8 Å². The highest BCUT2D eigenvalue weighted by molar-refractivity contribution is 7.99. The number of ether oxygens (including phenoxy) is 1. The van der Waals surface area contributed by atoms with Gasteiger partial charge < -0.3 is 15.0 Å². The van der Waals surface area contributed by atoms with Crippen molar-refractivity contribution in [1.82, 2.24) is 10.2 Å². The van der Waals surface area contributed by atoms with Crippen LogP contribution in [-0.4, -0.2) is 41.7 Å². The molecule has 1 N–H and O–H groups in total. The molecule has 0 aromatic heterocycles. The number of carbonyl (C=O) groups is 2. The van der Waals surface area contributed by atoms with Crippen LogP contribution in [0.5, 0.6) is 5.75 Å². The molecule has 3 aromatic rings. The predicted molar refractivity (Wildman–Crippen MR) is 155 cm³/mol. The summed E-state index contributed by atoms with van der Waals surface area (Å²) in [5, 5.41) is 3.27. The van der Waals surface area contributed by atoms with Gasteiger partial charge >= 0.3 is 0 Å². The molecule has 0 spiro atoms. The first-order chi connectivity index (χ1) is 18.5. The van der Waals surface area contributed by atoms with Crippen LogP contribution in [0.1, 0.15) is 47.9 Å². The third-order valence-electron chi connectivity index (χ3n) is 7.07. The molecule has 0 radical (unpaired) electrons. The topological polar surface area (TPSA) is 58.6 Å². The number of aryl methyl sites for hydroxylation is 1. The van der Waals surface area contributed by atoms with E-state index in [1.807, 2.05) is 54.6 Å². The molecular weight excluding hydrogens is 492 g/mol. The first-order valence-corrected chi connectivity index (χ1v) is 14.6. The Bertz CT molecular complexity index is 1180. The maximum Gasteiger partial charge on any atom is 0.243 e. The van der Waals surface area contributed by atoms with Gasteiger partial charge in [-0.1, -0.05) is 85.1 Å². The zero-order valence-corrected chi connectivity index (χ0v) is 23.2. The Balaban J connectivity index is 1.57. The molecule has 1 aliphatic rings. The first kappa shape index (κ1) is 27.8.